The summed E-state index contributed by atoms with van der Waals surface area (Å²) in [7, 11) is -3.99. The van der Waals surface area contributed by atoms with E-state index in [1.165, 1.54) is 24.3 Å². The smallest absolute Gasteiger partial charge is 0.158 e. The second-order valence-electron chi connectivity index (χ2n) is 11.7. The quantitative estimate of drug-likeness (QED) is 0.161. The van der Waals surface area contributed by atoms with Gasteiger partial charge in [-0.1, -0.05) is 60.7 Å². The van der Waals surface area contributed by atoms with Crippen LogP contribution in [0.4, 0.5) is 8.78 Å². The lowest BCUT2D eigenvalue weighted by Gasteiger charge is -2.13. The zero-order chi connectivity index (χ0) is 34.7. The number of halogens is 2. The second kappa shape index (κ2) is 13.6. The number of nitrogens with zero attached hydrogens (tertiary/aromatic N) is 4. The maximum atomic E-state index is 15.4. The maximum Gasteiger partial charge on any atom is 0.158 e. The molecule has 4 aromatic carbocycles. The number of sulfone groups is 1. The molecule has 0 bridgehead atoms. The van der Waals surface area contributed by atoms with Gasteiger partial charge in [0, 0.05) is 45.8 Å². The van der Waals surface area contributed by atoms with Crippen molar-refractivity contribution in [1.29, 1.82) is 10.5 Å². The molecule has 2 heterocycles. The molecule has 6 nitrogen and oxygen atoms in total. The van der Waals surface area contributed by atoms with Crippen molar-refractivity contribution in [3.63, 3.8) is 0 Å². The van der Waals surface area contributed by atoms with Crippen molar-refractivity contribution in [3.05, 3.63) is 154 Å². The predicted octanol–water partition coefficient (Wildman–Crippen LogP) is 8.90. The van der Waals surface area contributed by atoms with E-state index in [0.29, 0.717) is 44.8 Å². The summed E-state index contributed by atoms with van der Waals surface area (Å²) in [6.07, 6.45) is 3.16. The molecule has 0 saturated carbocycles. The molecule has 240 valence electrons. The van der Waals surface area contributed by atoms with Gasteiger partial charge in [-0.2, -0.15) is 10.5 Å². The molecular weight excluding hydrogens is 639 g/mol. The molecule has 0 aliphatic heterocycles. The van der Waals surface area contributed by atoms with Gasteiger partial charge in [-0.05, 0) is 72.5 Å². The third kappa shape index (κ3) is 6.99. The van der Waals surface area contributed by atoms with Gasteiger partial charge in [-0.15, -0.1) is 0 Å². The number of pyridine rings is 2. The molecular formula is C40H28F2N4O2S. The average Bonchev–Trinajstić information content (AvgIpc) is 3.10. The number of aromatic nitrogens is 2. The van der Waals surface area contributed by atoms with E-state index in [9.17, 15) is 18.9 Å². The van der Waals surface area contributed by atoms with Gasteiger partial charge in [-0.3, -0.25) is 9.97 Å². The molecule has 0 saturated heterocycles. The Hall–Kier alpha value is -6.03. The van der Waals surface area contributed by atoms with Crippen LogP contribution in [0.5, 0.6) is 0 Å². The summed E-state index contributed by atoms with van der Waals surface area (Å²) in [5.74, 6) is -2.71. The summed E-state index contributed by atoms with van der Waals surface area (Å²) in [4.78, 5) is 8.90. The van der Waals surface area contributed by atoms with E-state index in [2.05, 4.69) is 22.1 Å². The number of nitriles is 2. The van der Waals surface area contributed by atoms with Gasteiger partial charge < -0.3 is 0 Å². The minimum atomic E-state index is -3.99. The standard InChI is InChI=1S/C40H28F2N4O2S/c1-25-7-9-27(17-33(25)21-43)35-5-3-15-45-39(35)29-11-13-31(37(41)19-29)23-49(47,48)24-32-14-12-30(20-38(32)42)40-36(6-4-16-46-40)28-10-8-26(2)34(18-28)22-44/h3-20H,23-24H2,1-2H3. The van der Waals surface area contributed by atoms with Crippen molar-refractivity contribution < 1.29 is 17.2 Å². The molecule has 0 amide bonds. The van der Waals surface area contributed by atoms with Crippen LogP contribution in [0.2, 0.25) is 0 Å². The number of aryl methyl sites for hydroxylation is 2. The first-order valence-electron chi connectivity index (χ1n) is 15.3. The van der Waals surface area contributed by atoms with Gasteiger partial charge in [0.25, 0.3) is 0 Å². The second-order valence-corrected chi connectivity index (χ2v) is 13.8. The van der Waals surface area contributed by atoms with Crippen LogP contribution in [0.15, 0.2) is 109 Å². The predicted molar refractivity (Wildman–Crippen MR) is 185 cm³/mol. The number of hydrogen-bond donors (Lipinski definition) is 0. The fraction of sp³-hybridized carbons (Fsp3) is 0.100. The summed E-state index contributed by atoms with van der Waals surface area (Å²) < 4.78 is 57.3. The molecule has 0 N–H and O–H groups in total. The van der Waals surface area contributed by atoms with Crippen LogP contribution in [0, 0.1) is 48.1 Å². The van der Waals surface area contributed by atoms with Gasteiger partial charge in [0.15, 0.2) is 9.84 Å². The largest absolute Gasteiger partial charge is 0.256 e. The first kappa shape index (κ1) is 32.9. The highest BCUT2D eigenvalue weighted by Crippen LogP contribution is 2.34. The van der Waals surface area contributed by atoms with E-state index in [0.717, 1.165) is 22.3 Å². The van der Waals surface area contributed by atoms with Crippen LogP contribution in [-0.4, -0.2) is 18.4 Å². The summed E-state index contributed by atoms with van der Waals surface area (Å²) in [6.45, 7) is 3.69. The third-order valence-electron chi connectivity index (χ3n) is 8.36. The highest BCUT2D eigenvalue weighted by molar-refractivity contribution is 7.89. The van der Waals surface area contributed by atoms with Crippen molar-refractivity contribution in [2.24, 2.45) is 0 Å². The molecule has 9 heteroatoms. The van der Waals surface area contributed by atoms with Crippen LogP contribution < -0.4 is 0 Å². The zero-order valence-corrected chi connectivity index (χ0v) is 27.4. The molecule has 49 heavy (non-hydrogen) atoms. The van der Waals surface area contributed by atoms with E-state index in [1.807, 2.05) is 50.2 Å². The molecule has 2 aromatic heterocycles. The summed E-state index contributed by atoms with van der Waals surface area (Å²) >= 11 is 0. The lowest BCUT2D eigenvalue weighted by molar-refractivity contribution is 0.581. The maximum absolute atomic E-state index is 15.4. The topological polar surface area (TPSA) is 108 Å². The van der Waals surface area contributed by atoms with Crippen LogP contribution in [0.1, 0.15) is 33.4 Å². The van der Waals surface area contributed by atoms with Gasteiger partial charge >= 0.3 is 0 Å². The Kier molecular flexibility index (Phi) is 9.13. The Morgan fingerprint density at radius 3 is 1.39 bits per heavy atom. The monoisotopic (exact) mass is 666 g/mol. The van der Waals surface area contributed by atoms with Crippen molar-refractivity contribution in [1.82, 2.24) is 9.97 Å². The van der Waals surface area contributed by atoms with Crippen LogP contribution in [-0.2, 0) is 21.3 Å². The SMILES string of the molecule is Cc1ccc(-c2cccnc2-c2ccc(CS(=O)(=O)Cc3ccc(-c4ncccc4-c4ccc(C)c(C#N)c4)cc3F)c(F)c2)cc1C#N. The van der Waals surface area contributed by atoms with E-state index in [-0.39, 0.29) is 11.1 Å². The van der Waals surface area contributed by atoms with Crippen LogP contribution in [0.25, 0.3) is 44.8 Å². The average molecular weight is 667 g/mol. The van der Waals surface area contributed by atoms with Crippen LogP contribution >= 0.6 is 0 Å². The molecule has 6 aromatic rings. The summed E-state index contributed by atoms with van der Waals surface area (Å²) in [5, 5.41) is 19.0. The molecule has 0 fully saturated rings. The zero-order valence-electron chi connectivity index (χ0n) is 26.6. The van der Waals surface area contributed by atoms with E-state index in [4.69, 9.17) is 0 Å². The summed E-state index contributed by atoms with van der Waals surface area (Å²) in [5.41, 5.74) is 7.33. The third-order valence-corrected chi connectivity index (χ3v) is 9.86. The van der Waals surface area contributed by atoms with Crippen molar-refractivity contribution in [2.45, 2.75) is 25.4 Å². The molecule has 0 aliphatic rings. The lowest BCUT2D eigenvalue weighted by atomic mass is 9.96. The summed E-state index contributed by atoms with van der Waals surface area (Å²) in [6, 6.07) is 30.9. The first-order chi connectivity index (χ1) is 23.6. The minimum absolute atomic E-state index is 0.0478. The highest BCUT2D eigenvalue weighted by atomic mass is 32.2. The van der Waals surface area contributed by atoms with Crippen molar-refractivity contribution in [2.75, 3.05) is 0 Å². The Labute approximate surface area is 283 Å². The fourth-order valence-electron chi connectivity index (χ4n) is 5.70. The van der Waals surface area contributed by atoms with E-state index in [1.54, 1.807) is 48.8 Å². The van der Waals surface area contributed by atoms with E-state index >= 15 is 8.78 Å². The van der Waals surface area contributed by atoms with E-state index < -0.39 is 33.0 Å². The Balaban J connectivity index is 1.23. The van der Waals surface area contributed by atoms with Gasteiger partial charge in [0.2, 0.25) is 0 Å². The Morgan fingerprint density at radius 1 is 0.592 bits per heavy atom. The van der Waals surface area contributed by atoms with Gasteiger partial charge in [0.05, 0.1) is 46.2 Å². The van der Waals surface area contributed by atoms with Crippen LogP contribution in [0.3, 0.4) is 0 Å². The highest BCUT2D eigenvalue weighted by Gasteiger charge is 2.21. The molecule has 6 rings (SSSR count). The number of benzene rings is 4. The molecule has 0 unspecified atom stereocenters. The number of rotatable bonds is 8. The normalized spacial score (nSPS) is 11.1. The van der Waals surface area contributed by atoms with Gasteiger partial charge in [-0.25, -0.2) is 17.2 Å². The lowest BCUT2D eigenvalue weighted by Crippen LogP contribution is -2.10. The van der Waals surface area contributed by atoms with Crippen molar-refractivity contribution >= 4 is 9.84 Å². The van der Waals surface area contributed by atoms with Crippen molar-refractivity contribution in [3.8, 4) is 56.9 Å². The molecule has 0 atom stereocenters. The first-order valence-corrected chi connectivity index (χ1v) is 17.1. The molecule has 0 spiro atoms. The van der Waals surface area contributed by atoms with Gasteiger partial charge in [0.1, 0.15) is 11.6 Å². The Bertz CT molecular complexity index is 2280. The Morgan fingerprint density at radius 2 is 1.00 bits per heavy atom. The fourth-order valence-corrected chi connectivity index (χ4v) is 7.22. The number of hydrogen-bond acceptors (Lipinski definition) is 6. The molecule has 0 radical (unpaired) electrons. The minimum Gasteiger partial charge on any atom is -0.256 e. The molecule has 0 aliphatic carbocycles.